The number of anilines is 1. The summed E-state index contributed by atoms with van der Waals surface area (Å²) in [6.45, 7) is 2.47. The van der Waals surface area contributed by atoms with Crippen molar-refractivity contribution in [2.75, 3.05) is 11.9 Å². The Balaban J connectivity index is 1.68. The second-order valence-electron chi connectivity index (χ2n) is 5.60. The van der Waals surface area contributed by atoms with Crippen LogP contribution in [-0.2, 0) is 0 Å². The maximum absolute atomic E-state index is 10.3. The molecule has 0 spiro atoms. The fraction of sp³-hybridized carbons (Fsp3) is 0.643. The minimum Gasteiger partial charge on any atom is -0.391 e. The Morgan fingerprint density at radius 2 is 2.20 bits per heavy atom. The van der Waals surface area contributed by atoms with Crippen molar-refractivity contribution in [1.29, 1.82) is 0 Å². The Morgan fingerprint density at radius 3 is 3.00 bits per heavy atom. The Kier molecular flexibility index (Phi) is 3.82. The number of aryl methyl sites for hydroxylation is 1. The molecule has 6 nitrogen and oxygen atoms in total. The fourth-order valence-corrected chi connectivity index (χ4v) is 2.95. The van der Waals surface area contributed by atoms with Crippen LogP contribution in [-0.4, -0.2) is 37.3 Å². The Bertz CT molecular complexity index is 576. The molecule has 2 aromatic heterocycles. The van der Waals surface area contributed by atoms with Crippen LogP contribution in [0.4, 0.5) is 5.82 Å². The van der Waals surface area contributed by atoms with Gasteiger partial charge >= 0.3 is 0 Å². The Morgan fingerprint density at radius 1 is 1.40 bits per heavy atom. The second-order valence-corrected chi connectivity index (χ2v) is 5.60. The van der Waals surface area contributed by atoms with Crippen molar-refractivity contribution >= 4 is 11.6 Å². The largest absolute Gasteiger partial charge is 0.391 e. The average Bonchev–Trinajstić information content (AvgIpc) is 2.93. The summed E-state index contributed by atoms with van der Waals surface area (Å²) in [5, 5.41) is 17.7. The highest BCUT2D eigenvalue weighted by Gasteiger charge is 2.21. The molecule has 0 amide bonds. The zero-order valence-electron chi connectivity index (χ0n) is 11.8. The number of nitrogens with zero attached hydrogens (tertiary/aromatic N) is 4. The van der Waals surface area contributed by atoms with Crippen LogP contribution >= 0.6 is 0 Å². The monoisotopic (exact) mass is 275 g/mol. The maximum Gasteiger partial charge on any atom is 0.254 e. The summed E-state index contributed by atoms with van der Waals surface area (Å²) in [4.78, 5) is 8.40. The lowest BCUT2D eigenvalue weighted by atomic mass is 9.85. The topological polar surface area (TPSA) is 75.3 Å². The fourth-order valence-electron chi connectivity index (χ4n) is 2.95. The SMILES string of the molecule is Cc1cc(NCC(O)C2CCCCC2)n2ncnc2n1. The van der Waals surface area contributed by atoms with Gasteiger partial charge in [-0.3, -0.25) is 0 Å². The van der Waals surface area contributed by atoms with E-state index in [1.165, 1.54) is 25.6 Å². The normalized spacial score (nSPS) is 18.3. The van der Waals surface area contributed by atoms with Gasteiger partial charge in [-0.05, 0) is 25.7 Å². The molecule has 2 heterocycles. The van der Waals surface area contributed by atoms with Crippen molar-refractivity contribution in [3.05, 3.63) is 18.1 Å². The third kappa shape index (κ3) is 2.75. The lowest BCUT2D eigenvalue weighted by Gasteiger charge is -2.26. The summed E-state index contributed by atoms with van der Waals surface area (Å²) in [7, 11) is 0. The lowest BCUT2D eigenvalue weighted by Crippen LogP contribution is -2.30. The van der Waals surface area contributed by atoms with Gasteiger partial charge in [0.25, 0.3) is 5.78 Å². The number of aliphatic hydroxyl groups is 1. The molecule has 0 saturated heterocycles. The summed E-state index contributed by atoms with van der Waals surface area (Å²) >= 11 is 0. The number of aromatic nitrogens is 4. The molecule has 3 rings (SSSR count). The van der Waals surface area contributed by atoms with Gasteiger partial charge < -0.3 is 10.4 Å². The van der Waals surface area contributed by atoms with Crippen molar-refractivity contribution in [3.63, 3.8) is 0 Å². The van der Waals surface area contributed by atoms with Gasteiger partial charge in [-0.25, -0.2) is 4.98 Å². The van der Waals surface area contributed by atoms with E-state index in [9.17, 15) is 5.11 Å². The second kappa shape index (κ2) is 5.75. The summed E-state index contributed by atoms with van der Waals surface area (Å²) in [5.74, 6) is 1.84. The van der Waals surface area contributed by atoms with Gasteiger partial charge in [0.15, 0.2) is 0 Å². The number of aliphatic hydroxyl groups excluding tert-OH is 1. The molecule has 1 fully saturated rings. The van der Waals surface area contributed by atoms with Crippen LogP contribution in [0.3, 0.4) is 0 Å². The van der Waals surface area contributed by atoms with Crippen LogP contribution in [0.2, 0.25) is 0 Å². The van der Waals surface area contributed by atoms with Crippen LogP contribution in [0.25, 0.3) is 5.78 Å². The van der Waals surface area contributed by atoms with Crippen molar-refractivity contribution in [2.45, 2.75) is 45.1 Å². The number of nitrogens with one attached hydrogen (secondary N) is 1. The van der Waals surface area contributed by atoms with Gasteiger partial charge in [-0.15, -0.1) is 0 Å². The molecule has 6 heteroatoms. The highest BCUT2D eigenvalue weighted by molar-refractivity contribution is 5.44. The van der Waals surface area contributed by atoms with Crippen LogP contribution in [0.1, 0.15) is 37.8 Å². The zero-order valence-corrected chi connectivity index (χ0v) is 11.8. The molecule has 20 heavy (non-hydrogen) atoms. The van der Waals surface area contributed by atoms with Gasteiger partial charge in [0.1, 0.15) is 12.1 Å². The first-order chi connectivity index (χ1) is 9.74. The number of hydrogen-bond donors (Lipinski definition) is 2. The third-order valence-electron chi connectivity index (χ3n) is 4.07. The molecule has 2 N–H and O–H groups in total. The van der Waals surface area contributed by atoms with E-state index in [0.717, 1.165) is 24.4 Å². The molecule has 1 aliphatic carbocycles. The van der Waals surface area contributed by atoms with Crippen LogP contribution in [0, 0.1) is 12.8 Å². The van der Waals surface area contributed by atoms with E-state index in [2.05, 4.69) is 20.4 Å². The van der Waals surface area contributed by atoms with Gasteiger partial charge in [0.05, 0.1) is 6.10 Å². The predicted molar refractivity (Wildman–Crippen MR) is 76.6 cm³/mol. The number of fused-ring (bicyclic) bond motifs is 1. The molecule has 0 aliphatic heterocycles. The van der Waals surface area contributed by atoms with Crippen molar-refractivity contribution in [3.8, 4) is 0 Å². The smallest absolute Gasteiger partial charge is 0.254 e. The molecule has 0 aromatic carbocycles. The molecule has 1 saturated carbocycles. The predicted octanol–water partition coefficient (Wildman–Crippen LogP) is 1.79. The van der Waals surface area contributed by atoms with E-state index in [1.807, 2.05) is 13.0 Å². The van der Waals surface area contributed by atoms with E-state index >= 15 is 0 Å². The van der Waals surface area contributed by atoms with Gasteiger partial charge in [-0.2, -0.15) is 14.6 Å². The minimum atomic E-state index is -0.303. The number of rotatable bonds is 4. The van der Waals surface area contributed by atoms with Crippen molar-refractivity contribution in [1.82, 2.24) is 19.6 Å². The maximum atomic E-state index is 10.3. The Hall–Kier alpha value is -1.69. The first kappa shape index (κ1) is 13.3. The first-order valence-corrected chi connectivity index (χ1v) is 7.33. The van der Waals surface area contributed by atoms with E-state index in [0.29, 0.717) is 18.2 Å². The average molecular weight is 275 g/mol. The van der Waals surface area contributed by atoms with Crippen molar-refractivity contribution in [2.24, 2.45) is 5.92 Å². The lowest BCUT2D eigenvalue weighted by molar-refractivity contribution is 0.0955. The molecule has 1 aliphatic rings. The van der Waals surface area contributed by atoms with E-state index in [-0.39, 0.29) is 6.10 Å². The zero-order chi connectivity index (χ0) is 13.9. The summed E-state index contributed by atoms with van der Waals surface area (Å²) in [6.07, 6.45) is 7.24. The Labute approximate surface area is 118 Å². The quantitative estimate of drug-likeness (QED) is 0.889. The standard InChI is InChI=1S/C14H21N5O/c1-10-7-13(19-14(18-10)16-9-17-19)15-8-12(20)11-5-3-2-4-6-11/h7,9,11-12,15,20H,2-6,8H2,1H3. The van der Waals surface area contributed by atoms with Gasteiger partial charge in [-0.1, -0.05) is 19.3 Å². The molecule has 1 unspecified atom stereocenters. The van der Waals surface area contributed by atoms with E-state index < -0.39 is 0 Å². The highest BCUT2D eigenvalue weighted by atomic mass is 16.3. The summed E-state index contributed by atoms with van der Waals surface area (Å²) in [5.41, 5.74) is 0.889. The van der Waals surface area contributed by atoms with E-state index in [4.69, 9.17) is 0 Å². The first-order valence-electron chi connectivity index (χ1n) is 7.33. The van der Waals surface area contributed by atoms with Crippen LogP contribution in [0.5, 0.6) is 0 Å². The molecule has 1 atom stereocenters. The van der Waals surface area contributed by atoms with Gasteiger partial charge in [0, 0.05) is 18.3 Å². The highest BCUT2D eigenvalue weighted by Crippen LogP contribution is 2.26. The minimum absolute atomic E-state index is 0.303. The molecule has 0 radical (unpaired) electrons. The molecule has 0 bridgehead atoms. The number of hydrogen-bond acceptors (Lipinski definition) is 5. The van der Waals surface area contributed by atoms with Crippen LogP contribution < -0.4 is 5.32 Å². The van der Waals surface area contributed by atoms with Crippen LogP contribution in [0.15, 0.2) is 12.4 Å². The molecular weight excluding hydrogens is 254 g/mol. The van der Waals surface area contributed by atoms with Crippen molar-refractivity contribution < 1.29 is 5.11 Å². The van der Waals surface area contributed by atoms with E-state index in [1.54, 1.807) is 4.52 Å². The summed E-state index contributed by atoms with van der Waals surface area (Å²) < 4.78 is 1.67. The van der Waals surface area contributed by atoms with Gasteiger partial charge in [0.2, 0.25) is 0 Å². The molecule has 108 valence electrons. The third-order valence-corrected chi connectivity index (χ3v) is 4.07. The molecule has 2 aromatic rings. The summed E-state index contributed by atoms with van der Waals surface area (Å²) in [6, 6.07) is 1.93. The molecular formula is C14H21N5O.